The maximum Gasteiger partial charge on any atom is 0.260 e. The molecule has 0 aliphatic heterocycles. The van der Waals surface area contributed by atoms with Gasteiger partial charge in [-0.1, -0.05) is 0 Å². The Balaban J connectivity index is 2.35. The average Bonchev–Trinajstić information content (AvgIpc) is 2.60. The Kier molecular flexibility index (Phi) is 4.39. The van der Waals surface area contributed by atoms with Gasteiger partial charge in [0.05, 0.1) is 12.8 Å². The normalized spacial score (nSPS) is 11.1. The van der Waals surface area contributed by atoms with Gasteiger partial charge in [-0.25, -0.2) is 9.97 Å². The van der Waals surface area contributed by atoms with E-state index in [1.165, 1.54) is 0 Å². The molecule has 0 spiro atoms. The van der Waals surface area contributed by atoms with Gasteiger partial charge < -0.3 is 10.1 Å². The highest BCUT2D eigenvalue weighted by Crippen LogP contribution is 2.25. The average molecular weight is 339 g/mol. The predicted octanol–water partition coefficient (Wildman–Crippen LogP) is 2.79. The molecule has 0 atom stereocenters. The fraction of sp³-hybridized carbons (Fsp3) is 0.333. The SMILES string of the molecule is CNc1nc(C)c2cc(-c3ccc(OC)nc3)c(=O)n(C(C)C)c2n1. The maximum absolute atomic E-state index is 13.1. The Bertz CT molecular complexity index is 977. The molecule has 25 heavy (non-hydrogen) atoms. The lowest BCUT2D eigenvalue weighted by molar-refractivity contribution is 0.398. The molecule has 0 aliphatic carbocycles. The third-order valence-electron chi connectivity index (χ3n) is 4.08. The topological polar surface area (TPSA) is 81.9 Å². The Morgan fingerprint density at radius 3 is 2.56 bits per heavy atom. The zero-order valence-corrected chi connectivity index (χ0v) is 15.0. The van der Waals surface area contributed by atoms with Gasteiger partial charge in [-0.15, -0.1) is 0 Å². The van der Waals surface area contributed by atoms with E-state index in [1.807, 2.05) is 32.9 Å². The minimum atomic E-state index is -0.102. The monoisotopic (exact) mass is 339 g/mol. The summed E-state index contributed by atoms with van der Waals surface area (Å²) in [6.07, 6.45) is 1.64. The molecule has 7 nitrogen and oxygen atoms in total. The number of rotatable bonds is 4. The van der Waals surface area contributed by atoms with Crippen LogP contribution in [0.15, 0.2) is 29.2 Å². The quantitative estimate of drug-likeness (QED) is 0.787. The maximum atomic E-state index is 13.1. The molecule has 130 valence electrons. The van der Waals surface area contributed by atoms with Crippen molar-refractivity contribution in [2.75, 3.05) is 19.5 Å². The van der Waals surface area contributed by atoms with Crippen molar-refractivity contribution in [3.8, 4) is 17.0 Å². The highest BCUT2D eigenvalue weighted by Gasteiger charge is 2.17. The molecular weight excluding hydrogens is 318 g/mol. The second-order valence-electron chi connectivity index (χ2n) is 6.04. The number of ether oxygens (including phenoxy) is 1. The number of methoxy groups -OCH3 is 1. The van der Waals surface area contributed by atoms with Crippen molar-refractivity contribution in [3.05, 3.63) is 40.4 Å². The van der Waals surface area contributed by atoms with E-state index < -0.39 is 0 Å². The van der Waals surface area contributed by atoms with Crippen LogP contribution in [-0.4, -0.2) is 33.7 Å². The number of aryl methyl sites for hydroxylation is 1. The number of aromatic nitrogens is 4. The smallest absolute Gasteiger partial charge is 0.260 e. The second kappa shape index (κ2) is 6.51. The van der Waals surface area contributed by atoms with E-state index >= 15 is 0 Å². The molecule has 0 saturated carbocycles. The molecule has 0 saturated heterocycles. The summed E-state index contributed by atoms with van der Waals surface area (Å²) in [7, 11) is 3.32. The van der Waals surface area contributed by atoms with E-state index in [0.29, 0.717) is 23.0 Å². The molecule has 7 heteroatoms. The Morgan fingerprint density at radius 1 is 1.24 bits per heavy atom. The first-order chi connectivity index (χ1) is 12.0. The lowest BCUT2D eigenvalue weighted by Crippen LogP contribution is -2.25. The van der Waals surface area contributed by atoms with Crippen molar-refractivity contribution in [1.82, 2.24) is 19.5 Å². The Labute approximate surface area is 145 Å². The Morgan fingerprint density at radius 2 is 2.00 bits per heavy atom. The highest BCUT2D eigenvalue weighted by atomic mass is 16.5. The number of hydrogen-bond acceptors (Lipinski definition) is 6. The van der Waals surface area contributed by atoms with Crippen molar-refractivity contribution in [2.45, 2.75) is 26.8 Å². The van der Waals surface area contributed by atoms with Crippen molar-refractivity contribution >= 4 is 17.0 Å². The summed E-state index contributed by atoms with van der Waals surface area (Å²) in [6, 6.07) is 5.37. The van der Waals surface area contributed by atoms with Crippen LogP contribution in [0, 0.1) is 6.92 Å². The van der Waals surface area contributed by atoms with Crippen LogP contribution in [0.2, 0.25) is 0 Å². The van der Waals surface area contributed by atoms with E-state index in [0.717, 1.165) is 16.6 Å². The summed E-state index contributed by atoms with van der Waals surface area (Å²) >= 11 is 0. The van der Waals surface area contributed by atoms with Crippen molar-refractivity contribution in [3.63, 3.8) is 0 Å². The van der Waals surface area contributed by atoms with Crippen LogP contribution in [0.1, 0.15) is 25.6 Å². The van der Waals surface area contributed by atoms with Gasteiger partial charge in [0, 0.05) is 41.9 Å². The fourth-order valence-electron chi connectivity index (χ4n) is 2.81. The van der Waals surface area contributed by atoms with E-state index in [1.54, 1.807) is 31.0 Å². The van der Waals surface area contributed by atoms with Gasteiger partial charge in [-0.05, 0) is 32.9 Å². The van der Waals surface area contributed by atoms with E-state index in [2.05, 4.69) is 20.3 Å². The zero-order valence-electron chi connectivity index (χ0n) is 15.0. The van der Waals surface area contributed by atoms with Gasteiger partial charge in [0.1, 0.15) is 5.65 Å². The summed E-state index contributed by atoms with van der Waals surface area (Å²) in [6.45, 7) is 5.84. The molecular formula is C18H21N5O2. The van der Waals surface area contributed by atoms with Crippen LogP contribution in [0.5, 0.6) is 5.88 Å². The fourth-order valence-corrected chi connectivity index (χ4v) is 2.81. The van der Waals surface area contributed by atoms with E-state index in [4.69, 9.17) is 4.74 Å². The molecule has 3 aromatic heterocycles. The molecule has 0 aliphatic rings. The van der Waals surface area contributed by atoms with Gasteiger partial charge >= 0.3 is 0 Å². The molecule has 3 rings (SSSR count). The molecule has 0 amide bonds. The first kappa shape index (κ1) is 16.9. The summed E-state index contributed by atoms with van der Waals surface area (Å²) in [5.41, 5.74) is 2.64. The third-order valence-corrected chi connectivity index (χ3v) is 4.08. The van der Waals surface area contributed by atoms with Crippen molar-refractivity contribution in [2.24, 2.45) is 0 Å². The number of nitrogens with zero attached hydrogens (tertiary/aromatic N) is 4. The first-order valence-corrected chi connectivity index (χ1v) is 8.08. The van der Waals surface area contributed by atoms with Crippen LogP contribution < -0.4 is 15.6 Å². The summed E-state index contributed by atoms with van der Waals surface area (Å²) in [4.78, 5) is 26.3. The number of hydrogen-bond donors (Lipinski definition) is 1. The van der Waals surface area contributed by atoms with Gasteiger partial charge in [0.15, 0.2) is 0 Å². The summed E-state index contributed by atoms with van der Waals surface area (Å²) < 4.78 is 6.79. The molecule has 0 unspecified atom stereocenters. The van der Waals surface area contributed by atoms with E-state index in [9.17, 15) is 4.79 Å². The van der Waals surface area contributed by atoms with Crippen LogP contribution in [0.25, 0.3) is 22.2 Å². The number of pyridine rings is 2. The molecule has 3 heterocycles. The molecule has 3 aromatic rings. The highest BCUT2D eigenvalue weighted by molar-refractivity contribution is 5.84. The lowest BCUT2D eigenvalue weighted by Gasteiger charge is -2.17. The molecule has 0 aromatic carbocycles. The van der Waals surface area contributed by atoms with Crippen molar-refractivity contribution in [1.29, 1.82) is 0 Å². The van der Waals surface area contributed by atoms with Crippen LogP contribution in [0.4, 0.5) is 5.95 Å². The minimum Gasteiger partial charge on any atom is -0.481 e. The van der Waals surface area contributed by atoms with Crippen LogP contribution in [-0.2, 0) is 0 Å². The number of nitrogens with one attached hydrogen (secondary N) is 1. The number of anilines is 1. The second-order valence-corrected chi connectivity index (χ2v) is 6.04. The van der Waals surface area contributed by atoms with Gasteiger partial charge in [-0.2, -0.15) is 4.98 Å². The lowest BCUT2D eigenvalue weighted by atomic mass is 10.1. The van der Waals surface area contributed by atoms with Gasteiger partial charge in [0.25, 0.3) is 5.56 Å². The van der Waals surface area contributed by atoms with Crippen LogP contribution >= 0.6 is 0 Å². The molecule has 1 N–H and O–H groups in total. The number of fused-ring (bicyclic) bond motifs is 1. The molecule has 0 bridgehead atoms. The summed E-state index contributed by atoms with van der Waals surface area (Å²) in [5, 5.41) is 3.79. The summed E-state index contributed by atoms with van der Waals surface area (Å²) in [5.74, 6) is 1.00. The van der Waals surface area contributed by atoms with E-state index in [-0.39, 0.29) is 11.6 Å². The zero-order chi connectivity index (χ0) is 18.1. The molecule has 0 radical (unpaired) electrons. The predicted molar refractivity (Wildman–Crippen MR) is 98.2 cm³/mol. The van der Waals surface area contributed by atoms with Gasteiger partial charge in [0.2, 0.25) is 11.8 Å². The minimum absolute atomic E-state index is 0.0415. The third kappa shape index (κ3) is 2.93. The van der Waals surface area contributed by atoms with Crippen molar-refractivity contribution < 1.29 is 4.74 Å². The first-order valence-electron chi connectivity index (χ1n) is 8.08. The Hall–Kier alpha value is -2.96. The van der Waals surface area contributed by atoms with Gasteiger partial charge in [-0.3, -0.25) is 9.36 Å². The molecule has 0 fully saturated rings. The standard InChI is InChI=1S/C18H21N5O2/c1-10(2)23-16-13(11(3)21-18(19-4)22-16)8-14(17(23)24)12-6-7-15(25-5)20-9-12/h6-10H,1-5H3,(H,19,21,22). The van der Waals surface area contributed by atoms with Crippen LogP contribution in [0.3, 0.4) is 0 Å². The largest absolute Gasteiger partial charge is 0.481 e.